The number of ether oxygens (including phenoxy) is 2. The van der Waals surface area contributed by atoms with Gasteiger partial charge in [-0.15, -0.1) is 13.2 Å². The second-order valence-corrected chi connectivity index (χ2v) is 3.01. The SMILES string of the molecule is O=C(O)CCOc1ccc(OC(F)(F)F)cc1. The van der Waals surface area contributed by atoms with Gasteiger partial charge in [0.25, 0.3) is 0 Å². The number of carbonyl (C=O) groups is 1. The Morgan fingerprint density at radius 1 is 1.18 bits per heavy atom. The first-order valence-corrected chi connectivity index (χ1v) is 4.57. The van der Waals surface area contributed by atoms with Crippen LogP contribution >= 0.6 is 0 Å². The average Bonchev–Trinajstić information content (AvgIpc) is 2.18. The molecule has 4 nitrogen and oxygen atoms in total. The highest BCUT2D eigenvalue weighted by Gasteiger charge is 2.30. The molecule has 0 aliphatic heterocycles. The van der Waals surface area contributed by atoms with Gasteiger partial charge < -0.3 is 14.6 Å². The van der Waals surface area contributed by atoms with E-state index in [9.17, 15) is 18.0 Å². The van der Waals surface area contributed by atoms with Gasteiger partial charge in [0.15, 0.2) is 0 Å². The normalized spacial score (nSPS) is 11.0. The summed E-state index contributed by atoms with van der Waals surface area (Å²) in [5.74, 6) is -1.09. The highest BCUT2D eigenvalue weighted by atomic mass is 19.4. The van der Waals surface area contributed by atoms with Crippen LogP contribution in [-0.4, -0.2) is 24.0 Å². The lowest BCUT2D eigenvalue weighted by molar-refractivity contribution is -0.274. The molecule has 1 aromatic carbocycles. The summed E-state index contributed by atoms with van der Waals surface area (Å²) < 4.78 is 44.1. The molecule has 1 aromatic rings. The maximum Gasteiger partial charge on any atom is 0.573 e. The molecule has 0 amide bonds. The zero-order valence-electron chi connectivity index (χ0n) is 8.53. The number of carboxylic acids is 1. The summed E-state index contributed by atoms with van der Waals surface area (Å²) in [6.45, 7) is -0.0468. The molecule has 0 aromatic heterocycles. The standard InChI is InChI=1S/C10H9F3O4/c11-10(12,13)17-8-3-1-7(2-4-8)16-6-5-9(14)15/h1-4H,5-6H2,(H,14,15). The molecule has 0 fully saturated rings. The first kappa shape index (κ1) is 13.1. The number of benzene rings is 1. The Bertz CT molecular complexity index is 372. The Hall–Kier alpha value is -1.92. The van der Waals surface area contributed by atoms with E-state index >= 15 is 0 Å². The van der Waals surface area contributed by atoms with E-state index in [1.54, 1.807) is 0 Å². The molecule has 0 aliphatic rings. The third-order valence-electron chi connectivity index (χ3n) is 1.64. The lowest BCUT2D eigenvalue weighted by Crippen LogP contribution is -2.17. The monoisotopic (exact) mass is 250 g/mol. The average molecular weight is 250 g/mol. The van der Waals surface area contributed by atoms with Crippen LogP contribution in [0.3, 0.4) is 0 Å². The van der Waals surface area contributed by atoms with E-state index in [1.807, 2.05) is 0 Å². The number of alkyl halides is 3. The number of halogens is 3. The number of carboxylic acid groups (broad SMARTS) is 1. The first-order chi connectivity index (χ1) is 7.87. The molecule has 17 heavy (non-hydrogen) atoms. The zero-order chi connectivity index (χ0) is 12.9. The predicted octanol–water partition coefficient (Wildman–Crippen LogP) is 2.44. The molecule has 94 valence electrons. The molecule has 0 saturated carbocycles. The van der Waals surface area contributed by atoms with Crippen molar-refractivity contribution in [1.29, 1.82) is 0 Å². The molecule has 1 N–H and O–H groups in total. The minimum Gasteiger partial charge on any atom is -0.493 e. The van der Waals surface area contributed by atoms with E-state index in [4.69, 9.17) is 9.84 Å². The van der Waals surface area contributed by atoms with Crippen molar-refractivity contribution in [3.05, 3.63) is 24.3 Å². The Kier molecular flexibility index (Phi) is 4.19. The van der Waals surface area contributed by atoms with Crippen molar-refractivity contribution in [3.63, 3.8) is 0 Å². The van der Waals surface area contributed by atoms with E-state index in [0.717, 1.165) is 12.1 Å². The molecular formula is C10H9F3O4. The third kappa shape index (κ3) is 5.64. The smallest absolute Gasteiger partial charge is 0.493 e. The van der Waals surface area contributed by atoms with Crippen LogP contribution in [0.4, 0.5) is 13.2 Å². The van der Waals surface area contributed by atoms with Crippen LogP contribution in [0.1, 0.15) is 6.42 Å². The quantitative estimate of drug-likeness (QED) is 0.872. The van der Waals surface area contributed by atoms with Gasteiger partial charge in [-0.3, -0.25) is 4.79 Å². The topological polar surface area (TPSA) is 55.8 Å². The minimum absolute atomic E-state index is 0.0468. The number of hydrogen-bond acceptors (Lipinski definition) is 3. The van der Waals surface area contributed by atoms with E-state index in [2.05, 4.69) is 4.74 Å². The van der Waals surface area contributed by atoms with Crippen LogP contribution in [0.25, 0.3) is 0 Å². The van der Waals surface area contributed by atoms with Crippen LogP contribution in [0.5, 0.6) is 11.5 Å². The third-order valence-corrected chi connectivity index (χ3v) is 1.64. The molecule has 0 bridgehead atoms. The molecule has 0 aliphatic carbocycles. The van der Waals surface area contributed by atoms with Gasteiger partial charge in [-0.2, -0.15) is 0 Å². The summed E-state index contributed by atoms with van der Waals surface area (Å²) in [5, 5.41) is 8.34. The van der Waals surface area contributed by atoms with Crippen molar-refractivity contribution in [2.75, 3.05) is 6.61 Å². The summed E-state index contributed by atoms with van der Waals surface area (Å²) in [4.78, 5) is 10.2. The Morgan fingerprint density at radius 3 is 2.18 bits per heavy atom. The molecule has 0 heterocycles. The van der Waals surface area contributed by atoms with Gasteiger partial charge in [0.05, 0.1) is 13.0 Å². The summed E-state index contributed by atoms with van der Waals surface area (Å²) in [6.07, 6.45) is -4.91. The Labute approximate surface area is 94.6 Å². The van der Waals surface area contributed by atoms with Gasteiger partial charge in [0.1, 0.15) is 11.5 Å². The molecule has 1 rings (SSSR count). The number of aliphatic carboxylic acids is 1. The van der Waals surface area contributed by atoms with Crippen LogP contribution in [-0.2, 0) is 4.79 Å². The molecular weight excluding hydrogens is 241 g/mol. The van der Waals surface area contributed by atoms with Crippen molar-refractivity contribution in [3.8, 4) is 11.5 Å². The first-order valence-electron chi connectivity index (χ1n) is 4.57. The van der Waals surface area contributed by atoms with Crippen molar-refractivity contribution in [2.45, 2.75) is 12.8 Å². The van der Waals surface area contributed by atoms with E-state index < -0.39 is 12.3 Å². The van der Waals surface area contributed by atoms with Crippen molar-refractivity contribution >= 4 is 5.97 Å². The summed E-state index contributed by atoms with van der Waals surface area (Å²) in [6, 6.07) is 4.71. The fourth-order valence-electron chi connectivity index (χ4n) is 0.994. The molecule has 0 radical (unpaired) electrons. The van der Waals surface area contributed by atoms with Crippen LogP contribution in [0.2, 0.25) is 0 Å². The van der Waals surface area contributed by atoms with Crippen molar-refractivity contribution < 1.29 is 32.5 Å². The highest BCUT2D eigenvalue weighted by molar-refractivity contribution is 5.66. The fraction of sp³-hybridized carbons (Fsp3) is 0.300. The summed E-state index contributed by atoms with van der Waals surface area (Å²) >= 11 is 0. The van der Waals surface area contributed by atoms with Gasteiger partial charge in [0, 0.05) is 0 Å². The van der Waals surface area contributed by atoms with Gasteiger partial charge in [0.2, 0.25) is 0 Å². The van der Waals surface area contributed by atoms with Crippen molar-refractivity contribution in [2.24, 2.45) is 0 Å². The zero-order valence-corrected chi connectivity index (χ0v) is 8.53. The number of rotatable bonds is 5. The second-order valence-electron chi connectivity index (χ2n) is 3.01. The van der Waals surface area contributed by atoms with Crippen LogP contribution in [0, 0.1) is 0 Å². The van der Waals surface area contributed by atoms with E-state index in [0.29, 0.717) is 0 Å². The summed E-state index contributed by atoms with van der Waals surface area (Å²) in [5.41, 5.74) is 0. The maximum atomic E-state index is 11.8. The predicted molar refractivity (Wildman–Crippen MR) is 50.9 cm³/mol. The largest absolute Gasteiger partial charge is 0.573 e. The Balaban J connectivity index is 2.47. The molecule has 0 atom stereocenters. The molecule has 0 saturated heterocycles. The maximum absolute atomic E-state index is 11.8. The van der Waals surface area contributed by atoms with Gasteiger partial charge >= 0.3 is 12.3 Å². The van der Waals surface area contributed by atoms with E-state index in [-0.39, 0.29) is 24.5 Å². The van der Waals surface area contributed by atoms with Gasteiger partial charge in [-0.1, -0.05) is 0 Å². The lowest BCUT2D eigenvalue weighted by atomic mass is 10.3. The molecule has 0 spiro atoms. The fourth-order valence-corrected chi connectivity index (χ4v) is 0.994. The van der Waals surface area contributed by atoms with Gasteiger partial charge in [-0.05, 0) is 24.3 Å². The van der Waals surface area contributed by atoms with Crippen molar-refractivity contribution in [1.82, 2.24) is 0 Å². The Morgan fingerprint density at radius 2 is 1.71 bits per heavy atom. The van der Waals surface area contributed by atoms with Gasteiger partial charge in [-0.25, -0.2) is 0 Å². The minimum atomic E-state index is -4.73. The molecule has 0 unspecified atom stereocenters. The van der Waals surface area contributed by atoms with E-state index in [1.165, 1.54) is 12.1 Å². The lowest BCUT2D eigenvalue weighted by Gasteiger charge is -2.09. The van der Waals surface area contributed by atoms with Crippen LogP contribution < -0.4 is 9.47 Å². The van der Waals surface area contributed by atoms with Crippen LogP contribution in [0.15, 0.2) is 24.3 Å². The number of hydrogen-bond donors (Lipinski definition) is 1. The summed E-state index contributed by atoms with van der Waals surface area (Å²) in [7, 11) is 0. The second kappa shape index (κ2) is 5.42. The molecule has 7 heteroatoms. The highest BCUT2D eigenvalue weighted by Crippen LogP contribution is 2.24.